The summed E-state index contributed by atoms with van der Waals surface area (Å²) in [5.74, 6) is -0.0778. The molecule has 1 fully saturated rings. The Labute approximate surface area is 77.4 Å². The van der Waals surface area contributed by atoms with Crippen molar-refractivity contribution < 1.29 is 9.59 Å². The molecule has 1 atom stereocenters. The van der Waals surface area contributed by atoms with Gasteiger partial charge in [-0.3, -0.25) is 9.59 Å². The van der Waals surface area contributed by atoms with Gasteiger partial charge in [-0.1, -0.05) is 20.4 Å². The summed E-state index contributed by atoms with van der Waals surface area (Å²) < 4.78 is 0. The molecule has 13 heavy (non-hydrogen) atoms. The van der Waals surface area contributed by atoms with E-state index < -0.39 is 6.04 Å². The molecule has 4 nitrogen and oxygen atoms in total. The normalized spacial score (nSPS) is 23.0. The summed E-state index contributed by atoms with van der Waals surface area (Å²) >= 11 is 0. The summed E-state index contributed by atoms with van der Waals surface area (Å²) in [5, 5.41) is 5.04. The first-order valence-corrected chi connectivity index (χ1v) is 4.31. The molecule has 72 valence electrons. The number of piperazine rings is 1. The Morgan fingerprint density at radius 3 is 2.62 bits per heavy atom. The molecular formula is C9H14N2O2. The van der Waals surface area contributed by atoms with Gasteiger partial charge in [-0.15, -0.1) is 0 Å². The van der Waals surface area contributed by atoms with E-state index in [0.29, 0.717) is 12.3 Å². The second-order valence-corrected chi connectivity index (χ2v) is 3.62. The van der Waals surface area contributed by atoms with Crippen LogP contribution >= 0.6 is 0 Å². The lowest BCUT2D eigenvalue weighted by molar-refractivity contribution is -0.131. The van der Waals surface area contributed by atoms with Gasteiger partial charge in [0.05, 0.1) is 5.70 Å². The average molecular weight is 182 g/mol. The van der Waals surface area contributed by atoms with Gasteiger partial charge in [0.1, 0.15) is 6.04 Å². The summed E-state index contributed by atoms with van der Waals surface area (Å²) in [6.07, 6.45) is 0.658. The van der Waals surface area contributed by atoms with Crippen molar-refractivity contribution in [2.45, 2.75) is 26.3 Å². The first-order valence-electron chi connectivity index (χ1n) is 4.31. The van der Waals surface area contributed by atoms with Gasteiger partial charge in [-0.05, 0) is 12.3 Å². The van der Waals surface area contributed by atoms with Gasteiger partial charge >= 0.3 is 0 Å². The van der Waals surface area contributed by atoms with Gasteiger partial charge in [-0.2, -0.15) is 0 Å². The lowest BCUT2D eigenvalue weighted by atomic mass is 10.0. The summed E-state index contributed by atoms with van der Waals surface area (Å²) in [7, 11) is 0. The maximum Gasteiger partial charge on any atom is 0.267 e. The molecule has 0 aliphatic carbocycles. The van der Waals surface area contributed by atoms with E-state index in [1.807, 2.05) is 13.8 Å². The number of carbonyl (C=O) groups excluding carboxylic acids is 2. The SMILES string of the molecule is C=C1NC(=O)C(CC(C)C)NC1=O. The van der Waals surface area contributed by atoms with Crippen molar-refractivity contribution in [3.8, 4) is 0 Å². The molecule has 0 aromatic carbocycles. The van der Waals surface area contributed by atoms with E-state index in [4.69, 9.17) is 0 Å². The van der Waals surface area contributed by atoms with Gasteiger partial charge in [0.25, 0.3) is 5.91 Å². The van der Waals surface area contributed by atoms with E-state index in [9.17, 15) is 9.59 Å². The second-order valence-electron chi connectivity index (χ2n) is 3.62. The third kappa shape index (κ3) is 2.31. The summed E-state index contributed by atoms with van der Waals surface area (Å²) in [6.45, 7) is 7.42. The highest BCUT2D eigenvalue weighted by Gasteiger charge is 2.28. The van der Waals surface area contributed by atoms with Crippen LogP contribution in [-0.2, 0) is 9.59 Å². The number of hydrogen-bond donors (Lipinski definition) is 2. The minimum atomic E-state index is -0.405. The van der Waals surface area contributed by atoms with E-state index >= 15 is 0 Å². The maximum absolute atomic E-state index is 11.3. The lowest BCUT2D eigenvalue weighted by Gasteiger charge is -2.25. The van der Waals surface area contributed by atoms with E-state index in [0.717, 1.165) is 0 Å². The number of hydrogen-bond acceptors (Lipinski definition) is 2. The minimum Gasteiger partial charge on any atom is -0.339 e. The van der Waals surface area contributed by atoms with Crippen LogP contribution in [-0.4, -0.2) is 17.9 Å². The number of rotatable bonds is 2. The Morgan fingerprint density at radius 2 is 2.08 bits per heavy atom. The van der Waals surface area contributed by atoms with Crippen LogP contribution in [0.25, 0.3) is 0 Å². The molecule has 1 saturated heterocycles. The minimum absolute atomic E-state index is 0.130. The Hall–Kier alpha value is -1.32. The molecule has 0 saturated carbocycles. The zero-order valence-electron chi connectivity index (χ0n) is 7.89. The van der Waals surface area contributed by atoms with Crippen LogP contribution in [0.3, 0.4) is 0 Å². The third-order valence-electron chi connectivity index (χ3n) is 1.88. The molecule has 1 heterocycles. The van der Waals surface area contributed by atoms with Crippen molar-refractivity contribution in [2.24, 2.45) is 5.92 Å². The zero-order chi connectivity index (χ0) is 10.0. The fraction of sp³-hybridized carbons (Fsp3) is 0.556. The lowest BCUT2D eigenvalue weighted by Crippen LogP contribution is -2.54. The van der Waals surface area contributed by atoms with Gasteiger partial charge in [0, 0.05) is 0 Å². The Morgan fingerprint density at radius 1 is 1.46 bits per heavy atom. The Balaban J connectivity index is 2.61. The molecule has 0 bridgehead atoms. The van der Waals surface area contributed by atoms with Gasteiger partial charge in [0.2, 0.25) is 5.91 Å². The molecule has 1 rings (SSSR count). The van der Waals surface area contributed by atoms with Crippen molar-refractivity contribution in [2.75, 3.05) is 0 Å². The quantitative estimate of drug-likeness (QED) is 0.598. The molecular weight excluding hydrogens is 168 g/mol. The number of carbonyl (C=O) groups is 2. The molecule has 2 amide bonds. The molecule has 1 unspecified atom stereocenters. The average Bonchev–Trinajstić information content (AvgIpc) is 1.99. The van der Waals surface area contributed by atoms with Crippen LogP contribution in [0.5, 0.6) is 0 Å². The molecule has 0 aromatic heterocycles. The van der Waals surface area contributed by atoms with Crippen LogP contribution < -0.4 is 10.6 Å². The maximum atomic E-state index is 11.3. The fourth-order valence-corrected chi connectivity index (χ4v) is 1.24. The highest BCUT2D eigenvalue weighted by Crippen LogP contribution is 2.08. The van der Waals surface area contributed by atoms with E-state index in [1.54, 1.807) is 0 Å². The smallest absolute Gasteiger partial charge is 0.267 e. The zero-order valence-corrected chi connectivity index (χ0v) is 7.89. The van der Waals surface area contributed by atoms with Crippen molar-refractivity contribution in [3.63, 3.8) is 0 Å². The Bertz CT molecular complexity index is 258. The van der Waals surface area contributed by atoms with Crippen molar-refractivity contribution >= 4 is 11.8 Å². The first-order chi connectivity index (χ1) is 6.00. The van der Waals surface area contributed by atoms with Crippen molar-refractivity contribution in [1.82, 2.24) is 10.6 Å². The molecule has 0 aromatic rings. The number of amides is 2. The van der Waals surface area contributed by atoms with Crippen LogP contribution in [0.15, 0.2) is 12.3 Å². The van der Waals surface area contributed by atoms with E-state index in [-0.39, 0.29) is 17.5 Å². The summed E-state index contributed by atoms with van der Waals surface area (Å²) in [6, 6.07) is -0.405. The second kappa shape index (κ2) is 3.60. The van der Waals surface area contributed by atoms with Crippen molar-refractivity contribution in [3.05, 3.63) is 12.3 Å². The topological polar surface area (TPSA) is 58.2 Å². The molecule has 0 spiro atoms. The highest BCUT2D eigenvalue weighted by atomic mass is 16.2. The predicted molar refractivity (Wildman–Crippen MR) is 48.7 cm³/mol. The fourth-order valence-electron chi connectivity index (χ4n) is 1.24. The van der Waals surface area contributed by atoms with Crippen molar-refractivity contribution in [1.29, 1.82) is 0 Å². The monoisotopic (exact) mass is 182 g/mol. The first kappa shape index (κ1) is 9.77. The molecule has 1 aliphatic heterocycles. The molecule has 0 radical (unpaired) electrons. The van der Waals surface area contributed by atoms with Crippen LogP contribution in [0.4, 0.5) is 0 Å². The summed E-state index contributed by atoms with van der Waals surface area (Å²) in [5.41, 5.74) is 0.130. The predicted octanol–water partition coefficient (Wildman–Crippen LogP) is 0.161. The van der Waals surface area contributed by atoms with E-state index in [1.165, 1.54) is 0 Å². The van der Waals surface area contributed by atoms with Gasteiger partial charge in [-0.25, -0.2) is 0 Å². The molecule has 2 N–H and O–H groups in total. The van der Waals surface area contributed by atoms with Crippen LogP contribution in [0, 0.1) is 5.92 Å². The third-order valence-corrected chi connectivity index (χ3v) is 1.88. The molecule has 4 heteroatoms. The Kier molecular flexibility index (Phi) is 2.70. The standard InChI is InChI=1S/C9H14N2O2/c1-5(2)4-7-9(13)10-6(3)8(12)11-7/h5,7H,3-4H2,1-2H3,(H,10,13)(H,11,12). The highest BCUT2D eigenvalue weighted by molar-refractivity contribution is 6.04. The largest absolute Gasteiger partial charge is 0.339 e. The van der Waals surface area contributed by atoms with Gasteiger partial charge in [0.15, 0.2) is 0 Å². The van der Waals surface area contributed by atoms with Crippen LogP contribution in [0.1, 0.15) is 20.3 Å². The number of nitrogens with one attached hydrogen (secondary N) is 2. The van der Waals surface area contributed by atoms with E-state index in [2.05, 4.69) is 17.2 Å². The van der Waals surface area contributed by atoms with Gasteiger partial charge < -0.3 is 10.6 Å². The molecule has 1 aliphatic rings. The summed E-state index contributed by atoms with van der Waals surface area (Å²) in [4.78, 5) is 22.4. The van der Waals surface area contributed by atoms with Crippen LogP contribution in [0.2, 0.25) is 0 Å².